The molecule has 0 bridgehead atoms. The van der Waals surface area contributed by atoms with Gasteiger partial charge >= 0.3 is 17.9 Å². The monoisotopic (exact) mass is 324 g/mol. The van der Waals surface area contributed by atoms with E-state index in [0.717, 1.165) is 0 Å². The number of carbonyl (C=O) groups is 2. The fourth-order valence-corrected chi connectivity index (χ4v) is 2.67. The van der Waals surface area contributed by atoms with Gasteiger partial charge in [0.2, 0.25) is 0 Å². The first-order valence-corrected chi connectivity index (χ1v) is 7.09. The van der Waals surface area contributed by atoms with E-state index in [1.54, 1.807) is 17.7 Å². The summed E-state index contributed by atoms with van der Waals surface area (Å²) in [5.41, 5.74) is 0.0470. The van der Waals surface area contributed by atoms with Crippen LogP contribution in [0.4, 0.5) is 0 Å². The molecule has 0 amide bonds. The third kappa shape index (κ3) is 2.79. The molecule has 0 radical (unpaired) electrons. The molecule has 3 rings (SSSR count). The average molecular weight is 324 g/mol. The van der Waals surface area contributed by atoms with Crippen LogP contribution in [0.3, 0.4) is 0 Å². The zero-order chi connectivity index (χ0) is 16.7. The summed E-state index contributed by atoms with van der Waals surface area (Å²) in [7, 11) is 0. The molecule has 0 saturated carbocycles. The number of hydrogen-bond donors (Lipinski definition) is 0. The number of ether oxygens (including phenoxy) is 4. The molecule has 3 heterocycles. The minimum atomic E-state index is -0.769. The lowest BCUT2D eigenvalue weighted by molar-refractivity contribution is -0.157. The van der Waals surface area contributed by atoms with Gasteiger partial charge in [0.05, 0.1) is 0 Å². The van der Waals surface area contributed by atoms with Crippen LogP contribution in [0.2, 0.25) is 0 Å². The second-order valence-electron chi connectivity index (χ2n) is 5.44. The van der Waals surface area contributed by atoms with Crippen molar-refractivity contribution in [3.8, 4) is 6.01 Å². The van der Waals surface area contributed by atoms with Crippen molar-refractivity contribution >= 4 is 11.9 Å². The highest BCUT2D eigenvalue weighted by molar-refractivity contribution is 5.66. The third-order valence-electron chi connectivity index (χ3n) is 3.64. The van der Waals surface area contributed by atoms with Gasteiger partial charge in [-0.3, -0.25) is 19.0 Å². The Hall–Kier alpha value is -2.42. The number of esters is 2. The first-order valence-electron chi connectivity index (χ1n) is 7.09. The normalized spacial score (nSPS) is 27.8. The van der Waals surface area contributed by atoms with Gasteiger partial charge in [0, 0.05) is 25.6 Å². The number of aromatic nitrogens is 2. The molecular formula is C14H16N2O7. The topological polar surface area (TPSA) is 106 Å². The zero-order valence-electron chi connectivity index (χ0n) is 12.8. The van der Waals surface area contributed by atoms with E-state index < -0.39 is 42.0 Å². The molecule has 1 aromatic heterocycles. The van der Waals surface area contributed by atoms with Crippen molar-refractivity contribution in [1.82, 2.24) is 9.55 Å². The Morgan fingerprint density at radius 2 is 2.09 bits per heavy atom. The molecule has 0 N–H and O–H groups in total. The highest BCUT2D eigenvalue weighted by Crippen LogP contribution is 2.40. The molecule has 1 aromatic rings. The third-order valence-corrected chi connectivity index (χ3v) is 3.64. The Morgan fingerprint density at radius 3 is 2.74 bits per heavy atom. The lowest BCUT2D eigenvalue weighted by Crippen LogP contribution is -2.39. The summed E-state index contributed by atoms with van der Waals surface area (Å²) in [6.07, 6.45) is -1.12. The Labute approximate surface area is 131 Å². The summed E-state index contributed by atoms with van der Waals surface area (Å²) in [6.45, 7) is 4.11. The number of hydrogen-bond acceptors (Lipinski definition) is 8. The van der Waals surface area contributed by atoms with E-state index in [4.69, 9.17) is 18.9 Å². The SMILES string of the molecule is CC(=O)OCC1OC2C(Oc3nc(=O)c(C)cn32)C1OC(C)=O. The summed E-state index contributed by atoms with van der Waals surface area (Å²) in [4.78, 5) is 37.8. The molecule has 1 saturated heterocycles. The van der Waals surface area contributed by atoms with E-state index in [1.807, 2.05) is 0 Å². The van der Waals surface area contributed by atoms with Gasteiger partial charge in [0.1, 0.15) is 12.7 Å². The molecule has 4 unspecified atom stereocenters. The standard InChI is InChI=1S/C14H16N2O7/c1-6-4-16-13-11(23-14(16)15-12(6)19)10(21-8(3)18)9(22-13)5-20-7(2)17/h4,9-11,13H,5H2,1-3H3. The molecule has 1 fully saturated rings. The van der Waals surface area contributed by atoms with E-state index >= 15 is 0 Å². The van der Waals surface area contributed by atoms with Gasteiger partial charge in [0.25, 0.3) is 5.56 Å². The molecule has 0 aliphatic carbocycles. The van der Waals surface area contributed by atoms with Crippen molar-refractivity contribution in [2.75, 3.05) is 6.61 Å². The van der Waals surface area contributed by atoms with Gasteiger partial charge in [-0.25, -0.2) is 0 Å². The summed E-state index contributed by atoms with van der Waals surface area (Å²) < 4.78 is 23.2. The smallest absolute Gasteiger partial charge is 0.303 e. The first-order chi connectivity index (χ1) is 10.9. The zero-order valence-corrected chi connectivity index (χ0v) is 12.8. The van der Waals surface area contributed by atoms with Crippen LogP contribution in [0.25, 0.3) is 0 Å². The van der Waals surface area contributed by atoms with Gasteiger partial charge in [0.15, 0.2) is 18.4 Å². The number of nitrogens with zero attached hydrogens (tertiary/aromatic N) is 2. The van der Waals surface area contributed by atoms with Crippen LogP contribution < -0.4 is 10.3 Å². The molecule has 0 spiro atoms. The van der Waals surface area contributed by atoms with Gasteiger partial charge < -0.3 is 18.9 Å². The van der Waals surface area contributed by atoms with E-state index in [9.17, 15) is 14.4 Å². The number of aryl methyl sites for hydroxylation is 1. The maximum Gasteiger partial charge on any atom is 0.303 e. The fourth-order valence-electron chi connectivity index (χ4n) is 2.67. The van der Waals surface area contributed by atoms with Crippen molar-refractivity contribution in [1.29, 1.82) is 0 Å². The summed E-state index contributed by atoms with van der Waals surface area (Å²) >= 11 is 0. The second kappa shape index (κ2) is 5.65. The highest BCUT2D eigenvalue weighted by atomic mass is 16.7. The lowest BCUT2D eigenvalue weighted by atomic mass is 10.1. The summed E-state index contributed by atoms with van der Waals surface area (Å²) in [5, 5.41) is 0. The minimum absolute atomic E-state index is 0.0639. The molecule has 23 heavy (non-hydrogen) atoms. The quantitative estimate of drug-likeness (QED) is 0.698. The van der Waals surface area contributed by atoms with E-state index in [1.165, 1.54) is 13.8 Å². The van der Waals surface area contributed by atoms with Crippen molar-refractivity contribution in [3.63, 3.8) is 0 Å². The predicted octanol–water partition coefficient (Wildman–Crippen LogP) is -0.295. The molecule has 124 valence electrons. The van der Waals surface area contributed by atoms with Gasteiger partial charge in [-0.15, -0.1) is 0 Å². The number of carbonyl (C=O) groups excluding carboxylic acids is 2. The largest absolute Gasteiger partial charge is 0.463 e. The molecule has 0 aromatic carbocycles. The first kappa shape index (κ1) is 15.5. The van der Waals surface area contributed by atoms with Crippen molar-refractivity contribution in [2.45, 2.75) is 45.3 Å². The Kier molecular flexibility index (Phi) is 3.80. The Bertz CT molecular complexity index is 714. The second-order valence-corrected chi connectivity index (χ2v) is 5.44. The van der Waals surface area contributed by atoms with E-state index in [0.29, 0.717) is 5.56 Å². The van der Waals surface area contributed by atoms with E-state index in [-0.39, 0.29) is 12.6 Å². The van der Waals surface area contributed by atoms with Crippen molar-refractivity contribution < 1.29 is 28.5 Å². The maximum absolute atomic E-state index is 11.6. The van der Waals surface area contributed by atoms with Gasteiger partial charge in [-0.05, 0) is 6.92 Å². The minimum Gasteiger partial charge on any atom is -0.463 e. The van der Waals surface area contributed by atoms with Gasteiger partial charge in [-0.2, -0.15) is 4.98 Å². The highest BCUT2D eigenvalue weighted by Gasteiger charge is 2.54. The van der Waals surface area contributed by atoms with Crippen LogP contribution in [-0.4, -0.2) is 46.4 Å². The molecular weight excluding hydrogens is 308 g/mol. The molecule has 2 aliphatic heterocycles. The van der Waals surface area contributed by atoms with Crippen molar-refractivity contribution in [2.24, 2.45) is 0 Å². The van der Waals surface area contributed by atoms with Crippen LogP contribution in [0.15, 0.2) is 11.0 Å². The van der Waals surface area contributed by atoms with Crippen LogP contribution in [0, 0.1) is 6.92 Å². The summed E-state index contributed by atoms with van der Waals surface area (Å²) in [6, 6.07) is 0.110. The van der Waals surface area contributed by atoms with Crippen LogP contribution >= 0.6 is 0 Å². The molecule has 9 heteroatoms. The maximum atomic E-state index is 11.6. The lowest BCUT2D eigenvalue weighted by Gasteiger charge is -2.20. The predicted molar refractivity (Wildman–Crippen MR) is 73.7 cm³/mol. The fraction of sp³-hybridized carbons (Fsp3) is 0.571. The summed E-state index contributed by atoms with van der Waals surface area (Å²) in [5.74, 6) is -0.972. The molecule has 4 atom stereocenters. The van der Waals surface area contributed by atoms with E-state index in [2.05, 4.69) is 4.98 Å². The van der Waals surface area contributed by atoms with Crippen LogP contribution in [0.5, 0.6) is 6.01 Å². The molecule has 2 aliphatic rings. The molecule has 9 nitrogen and oxygen atoms in total. The van der Waals surface area contributed by atoms with Crippen LogP contribution in [-0.2, 0) is 23.8 Å². The van der Waals surface area contributed by atoms with Crippen molar-refractivity contribution in [3.05, 3.63) is 22.1 Å². The number of rotatable bonds is 3. The van der Waals surface area contributed by atoms with Gasteiger partial charge in [-0.1, -0.05) is 0 Å². The van der Waals surface area contributed by atoms with Crippen LogP contribution in [0.1, 0.15) is 25.6 Å². The average Bonchev–Trinajstić information content (AvgIpc) is 2.94. The Morgan fingerprint density at radius 1 is 1.35 bits per heavy atom. The Balaban J connectivity index is 1.88. The number of fused-ring (bicyclic) bond motifs is 3.